The van der Waals surface area contributed by atoms with E-state index in [0.29, 0.717) is 5.57 Å². The summed E-state index contributed by atoms with van der Waals surface area (Å²) in [5.74, 6) is 0. The van der Waals surface area contributed by atoms with Gasteiger partial charge in [-0.1, -0.05) is 26.8 Å². The highest BCUT2D eigenvalue weighted by Gasteiger charge is 2.50. The fraction of sp³-hybridized carbons (Fsp3) is 0.800. The van der Waals surface area contributed by atoms with Gasteiger partial charge in [0.2, 0.25) is 0 Å². The van der Waals surface area contributed by atoms with Crippen molar-refractivity contribution in [1.29, 1.82) is 5.26 Å². The topological polar surface area (TPSA) is 84.5 Å². The second-order valence-corrected chi connectivity index (χ2v) is 6.57. The van der Waals surface area contributed by atoms with E-state index < -0.39 is 17.3 Å². The second kappa shape index (κ2) is 6.04. The number of aliphatic hydroxyl groups excluding tert-OH is 1. The number of nitrogens with zero attached hydrogens (tertiary/aromatic N) is 1. The van der Waals surface area contributed by atoms with Gasteiger partial charge in [-0.2, -0.15) is 5.26 Å². The van der Waals surface area contributed by atoms with Crippen LogP contribution in [0.1, 0.15) is 54.4 Å². The van der Waals surface area contributed by atoms with Crippen LogP contribution in [-0.4, -0.2) is 32.6 Å². The first kappa shape index (κ1) is 18.1. The molecule has 0 aromatic heterocycles. The van der Waals surface area contributed by atoms with Gasteiger partial charge >= 0.3 is 0 Å². The molecule has 0 aliphatic rings. The van der Waals surface area contributed by atoms with Gasteiger partial charge in [-0.15, -0.1) is 0 Å². The van der Waals surface area contributed by atoms with E-state index in [0.717, 1.165) is 0 Å². The SMILES string of the molecule is C/C(=C\C(C)(C)C)[C@](O)([C@H](C)O)[C@@](C)(O)CCC#N. The summed E-state index contributed by atoms with van der Waals surface area (Å²) in [6.07, 6.45) is 0.908. The summed E-state index contributed by atoms with van der Waals surface area (Å²) in [4.78, 5) is 0. The van der Waals surface area contributed by atoms with Gasteiger partial charge in [0.25, 0.3) is 0 Å². The zero-order chi connectivity index (χ0) is 15.5. The highest BCUT2D eigenvalue weighted by molar-refractivity contribution is 5.25. The van der Waals surface area contributed by atoms with Crippen LogP contribution >= 0.6 is 0 Å². The number of nitriles is 1. The fourth-order valence-corrected chi connectivity index (χ4v) is 2.45. The molecule has 4 nitrogen and oxygen atoms in total. The van der Waals surface area contributed by atoms with Gasteiger partial charge in [-0.05, 0) is 38.2 Å². The van der Waals surface area contributed by atoms with E-state index in [1.807, 2.05) is 32.9 Å². The van der Waals surface area contributed by atoms with Crippen molar-refractivity contribution in [3.05, 3.63) is 11.6 Å². The molecule has 0 aliphatic carbocycles. The Labute approximate surface area is 116 Å². The summed E-state index contributed by atoms with van der Waals surface area (Å²) in [6, 6.07) is 1.95. The highest BCUT2D eigenvalue weighted by atomic mass is 16.4. The maximum atomic E-state index is 10.8. The molecule has 4 heteroatoms. The van der Waals surface area contributed by atoms with Gasteiger partial charge in [0, 0.05) is 6.42 Å². The molecule has 110 valence electrons. The summed E-state index contributed by atoms with van der Waals surface area (Å²) in [5, 5.41) is 39.9. The first-order valence-electron chi connectivity index (χ1n) is 6.58. The second-order valence-electron chi connectivity index (χ2n) is 6.57. The maximum Gasteiger partial charge on any atom is 0.139 e. The molecule has 0 saturated carbocycles. The lowest BCUT2D eigenvalue weighted by atomic mass is 9.71. The van der Waals surface area contributed by atoms with Gasteiger partial charge in [-0.3, -0.25) is 0 Å². The Morgan fingerprint density at radius 2 is 1.74 bits per heavy atom. The zero-order valence-electron chi connectivity index (χ0n) is 12.9. The van der Waals surface area contributed by atoms with Crippen molar-refractivity contribution in [1.82, 2.24) is 0 Å². The van der Waals surface area contributed by atoms with Crippen LogP contribution in [0.4, 0.5) is 0 Å². The summed E-state index contributed by atoms with van der Waals surface area (Å²) in [6.45, 7) is 10.5. The van der Waals surface area contributed by atoms with E-state index in [1.165, 1.54) is 13.8 Å². The molecule has 0 radical (unpaired) electrons. The normalized spacial score (nSPS) is 21.2. The van der Waals surface area contributed by atoms with E-state index in [1.54, 1.807) is 6.92 Å². The Morgan fingerprint density at radius 3 is 2.05 bits per heavy atom. The number of hydrogen-bond acceptors (Lipinski definition) is 4. The molecule has 0 aromatic rings. The highest BCUT2D eigenvalue weighted by Crippen LogP contribution is 2.37. The van der Waals surface area contributed by atoms with Crippen molar-refractivity contribution in [3.63, 3.8) is 0 Å². The largest absolute Gasteiger partial charge is 0.390 e. The number of rotatable bonds is 5. The number of hydrogen-bond donors (Lipinski definition) is 3. The van der Waals surface area contributed by atoms with Gasteiger partial charge in [0.1, 0.15) is 5.60 Å². The monoisotopic (exact) mass is 269 g/mol. The van der Waals surface area contributed by atoms with E-state index in [2.05, 4.69) is 0 Å². The van der Waals surface area contributed by atoms with Crippen LogP contribution in [0.5, 0.6) is 0 Å². The molecule has 19 heavy (non-hydrogen) atoms. The lowest BCUT2D eigenvalue weighted by molar-refractivity contribution is -0.171. The molecule has 0 aliphatic heterocycles. The smallest absolute Gasteiger partial charge is 0.139 e. The summed E-state index contributed by atoms with van der Waals surface area (Å²) < 4.78 is 0. The van der Waals surface area contributed by atoms with E-state index in [4.69, 9.17) is 5.26 Å². The molecule has 0 bridgehead atoms. The number of allylic oxidation sites excluding steroid dienone is 1. The van der Waals surface area contributed by atoms with Gasteiger partial charge < -0.3 is 15.3 Å². The molecule has 0 spiro atoms. The van der Waals surface area contributed by atoms with Crippen molar-refractivity contribution < 1.29 is 15.3 Å². The van der Waals surface area contributed by atoms with E-state index in [-0.39, 0.29) is 18.3 Å². The maximum absolute atomic E-state index is 10.8. The average Bonchev–Trinajstić information content (AvgIpc) is 2.22. The van der Waals surface area contributed by atoms with Crippen molar-refractivity contribution in [2.45, 2.75) is 71.7 Å². The lowest BCUT2D eigenvalue weighted by Gasteiger charge is -2.44. The molecule has 0 unspecified atom stereocenters. The van der Waals surface area contributed by atoms with Crippen molar-refractivity contribution in [2.75, 3.05) is 0 Å². The van der Waals surface area contributed by atoms with Crippen LogP contribution < -0.4 is 0 Å². The third-order valence-corrected chi connectivity index (χ3v) is 3.40. The van der Waals surface area contributed by atoms with E-state index >= 15 is 0 Å². The van der Waals surface area contributed by atoms with Crippen molar-refractivity contribution in [2.24, 2.45) is 5.41 Å². The molecule has 0 amide bonds. The average molecular weight is 269 g/mol. The summed E-state index contributed by atoms with van der Waals surface area (Å²) in [7, 11) is 0. The molecule has 0 rings (SSSR count). The Morgan fingerprint density at radius 1 is 1.26 bits per heavy atom. The standard InChI is InChI=1S/C15H27NO3/c1-11(10-13(3,4)5)15(19,12(2)17)14(6,18)8-7-9-16/h10,12,17-19H,7-8H2,1-6H3/b11-10+/t12-,14-,15-/m0/s1. The fourth-order valence-electron chi connectivity index (χ4n) is 2.45. The first-order chi connectivity index (χ1) is 8.38. The predicted octanol–water partition coefficient (Wildman–Crippen LogP) is 2.15. The third kappa shape index (κ3) is 4.31. The van der Waals surface area contributed by atoms with Gasteiger partial charge in [0.05, 0.1) is 17.8 Å². The minimum atomic E-state index is -1.77. The first-order valence-corrected chi connectivity index (χ1v) is 6.58. The van der Waals surface area contributed by atoms with Crippen molar-refractivity contribution >= 4 is 0 Å². The predicted molar refractivity (Wildman–Crippen MR) is 75.3 cm³/mol. The van der Waals surface area contributed by atoms with E-state index in [9.17, 15) is 15.3 Å². The summed E-state index contributed by atoms with van der Waals surface area (Å²) >= 11 is 0. The Bertz CT molecular complexity index is 372. The van der Waals surface area contributed by atoms with Crippen LogP contribution in [0.3, 0.4) is 0 Å². The van der Waals surface area contributed by atoms with Crippen LogP contribution in [0, 0.1) is 16.7 Å². The molecule has 0 saturated heterocycles. The van der Waals surface area contributed by atoms with Crippen LogP contribution in [0.2, 0.25) is 0 Å². The van der Waals surface area contributed by atoms with Crippen LogP contribution in [0.25, 0.3) is 0 Å². The Kier molecular flexibility index (Phi) is 5.76. The molecule has 3 N–H and O–H groups in total. The minimum absolute atomic E-state index is 0.0974. The summed E-state index contributed by atoms with van der Waals surface area (Å²) in [5.41, 5.74) is -3.00. The number of aliphatic hydroxyl groups is 3. The molecule has 0 aromatic carbocycles. The third-order valence-electron chi connectivity index (χ3n) is 3.40. The molecule has 0 heterocycles. The van der Waals surface area contributed by atoms with Crippen LogP contribution in [0.15, 0.2) is 11.6 Å². The van der Waals surface area contributed by atoms with Gasteiger partial charge in [-0.25, -0.2) is 0 Å². The molecular weight excluding hydrogens is 242 g/mol. The minimum Gasteiger partial charge on any atom is -0.390 e. The lowest BCUT2D eigenvalue weighted by Crippen LogP contribution is -2.59. The van der Waals surface area contributed by atoms with Crippen molar-refractivity contribution in [3.8, 4) is 6.07 Å². The Hall–Kier alpha value is -0.890. The van der Waals surface area contributed by atoms with Crippen LogP contribution in [-0.2, 0) is 0 Å². The molecular formula is C15H27NO3. The quantitative estimate of drug-likeness (QED) is 0.668. The zero-order valence-corrected chi connectivity index (χ0v) is 12.9. The van der Waals surface area contributed by atoms with Gasteiger partial charge in [0.15, 0.2) is 0 Å². The molecule has 0 fully saturated rings. The Balaban J connectivity index is 5.63. The molecule has 3 atom stereocenters.